The van der Waals surface area contributed by atoms with Crippen LogP contribution in [0.1, 0.15) is 0 Å². The van der Waals surface area contributed by atoms with E-state index in [1.807, 2.05) is 0 Å². The second-order valence-corrected chi connectivity index (χ2v) is 2.81. The van der Waals surface area contributed by atoms with Gasteiger partial charge in [0.2, 0.25) is 0 Å². The van der Waals surface area contributed by atoms with Crippen molar-refractivity contribution in [2.45, 2.75) is 0 Å². The summed E-state index contributed by atoms with van der Waals surface area (Å²) in [7, 11) is 0. The van der Waals surface area contributed by atoms with E-state index in [0.29, 0.717) is 21.1 Å². The van der Waals surface area contributed by atoms with Gasteiger partial charge in [-0.3, -0.25) is 0 Å². The molecular formula is C6H2Cl2N2O. The molecule has 0 aliphatic heterocycles. The molecule has 11 heavy (non-hydrogen) atoms. The van der Waals surface area contributed by atoms with E-state index in [-0.39, 0.29) is 0 Å². The predicted octanol–water partition coefficient (Wildman–Crippen LogP) is 2.53. The summed E-state index contributed by atoms with van der Waals surface area (Å²) >= 11 is 11.5. The zero-order valence-electron chi connectivity index (χ0n) is 5.21. The van der Waals surface area contributed by atoms with Gasteiger partial charge in [0, 0.05) is 0 Å². The SMILES string of the molecule is Clc1ccc(Cl)c2nonc12. The summed E-state index contributed by atoms with van der Waals surface area (Å²) in [6.07, 6.45) is 0. The average molecular weight is 189 g/mol. The predicted molar refractivity (Wildman–Crippen MR) is 41.8 cm³/mol. The van der Waals surface area contributed by atoms with Crippen LogP contribution in [0.2, 0.25) is 10.0 Å². The first-order valence-electron chi connectivity index (χ1n) is 2.85. The lowest BCUT2D eigenvalue weighted by atomic mass is 10.3. The molecule has 1 aromatic heterocycles. The molecule has 0 fully saturated rings. The molecule has 2 aromatic rings. The van der Waals surface area contributed by atoms with Crippen molar-refractivity contribution in [1.29, 1.82) is 0 Å². The van der Waals surface area contributed by atoms with Crippen LogP contribution in [0.3, 0.4) is 0 Å². The lowest BCUT2D eigenvalue weighted by Crippen LogP contribution is -1.72. The molecule has 0 unspecified atom stereocenters. The molecule has 56 valence electrons. The Balaban J connectivity index is 2.96. The van der Waals surface area contributed by atoms with Crippen molar-refractivity contribution in [2.75, 3.05) is 0 Å². The molecule has 1 aromatic carbocycles. The quantitative estimate of drug-likeness (QED) is 0.638. The summed E-state index contributed by atoms with van der Waals surface area (Å²) in [5, 5.41) is 8.14. The first kappa shape index (κ1) is 6.88. The summed E-state index contributed by atoms with van der Waals surface area (Å²) in [6.45, 7) is 0. The highest BCUT2D eigenvalue weighted by molar-refractivity contribution is 6.39. The molecule has 3 nitrogen and oxygen atoms in total. The fraction of sp³-hybridized carbons (Fsp3) is 0. The minimum Gasteiger partial charge on any atom is -0.243 e. The van der Waals surface area contributed by atoms with Gasteiger partial charge in [-0.1, -0.05) is 23.2 Å². The van der Waals surface area contributed by atoms with Crippen molar-refractivity contribution >= 4 is 34.2 Å². The zero-order chi connectivity index (χ0) is 7.84. The van der Waals surface area contributed by atoms with E-state index in [1.165, 1.54) is 0 Å². The molecule has 5 heteroatoms. The lowest BCUT2D eigenvalue weighted by Gasteiger charge is -1.89. The van der Waals surface area contributed by atoms with E-state index >= 15 is 0 Å². The van der Waals surface area contributed by atoms with Crippen molar-refractivity contribution in [3.05, 3.63) is 22.2 Å². The van der Waals surface area contributed by atoms with Crippen LogP contribution in [0, 0.1) is 0 Å². The van der Waals surface area contributed by atoms with Gasteiger partial charge in [0.05, 0.1) is 10.0 Å². The molecule has 0 atom stereocenters. The van der Waals surface area contributed by atoms with Crippen LogP contribution in [-0.2, 0) is 0 Å². The number of halogens is 2. The maximum Gasteiger partial charge on any atom is 0.155 e. The summed E-state index contributed by atoms with van der Waals surface area (Å²) in [4.78, 5) is 0. The largest absolute Gasteiger partial charge is 0.243 e. The fourth-order valence-electron chi connectivity index (χ4n) is 0.806. The Morgan fingerprint density at radius 3 is 1.91 bits per heavy atom. The summed E-state index contributed by atoms with van der Waals surface area (Å²) in [5.41, 5.74) is 0.998. The van der Waals surface area contributed by atoms with Crippen LogP contribution >= 0.6 is 23.2 Å². The number of aromatic nitrogens is 2. The Morgan fingerprint density at radius 1 is 1.00 bits per heavy atom. The molecular weight excluding hydrogens is 187 g/mol. The van der Waals surface area contributed by atoms with Crippen LogP contribution in [0.4, 0.5) is 0 Å². The molecule has 0 radical (unpaired) electrons. The van der Waals surface area contributed by atoms with Gasteiger partial charge in [0.1, 0.15) is 0 Å². The van der Waals surface area contributed by atoms with E-state index in [2.05, 4.69) is 14.9 Å². The van der Waals surface area contributed by atoms with E-state index < -0.39 is 0 Å². The molecule has 0 saturated carbocycles. The molecule has 0 amide bonds. The number of nitrogens with zero attached hydrogens (tertiary/aromatic N) is 2. The number of rotatable bonds is 0. The lowest BCUT2D eigenvalue weighted by molar-refractivity contribution is 0.315. The number of fused-ring (bicyclic) bond motifs is 1. The van der Waals surface area contributed by atoms with E-state index in [1.54, 1.807) is 12.1 Å². The molecule has 1 heterocycles. The van der Waals surface area contributed by atoms with Crippen molar-refractivity contribution in [2.24, 2.45) is 0 Å². The molecule has 2 rings (SSSR count). The van der Waals surface area contributed by atoms with E-state index in [4.69, 9.17) is 23.2 Å². The number of hydrogen-bond acceptors (Lipinski definition) is 3. The van der Waals surface area contributed by atoms with Crippen LogP contribution in [-0.4, -0.2) is 10.3 Å². The van der Waals surface area contributed by atoms with Crippen molar-refractivity contribution in [3.63, 3.8) is 0 Å². The molecule has 0 bridgehead atoms. The van der Waals surface area contributed by atoms with Crippen LogP contribution in [0.25, 0.3) is 11.0 Å². The molecule has 0 spiro atoms. The summed E-state index contributed by atoms with van der Waals surface area (Å²) in [5.74, 6) is 0. The van der Waals surface area contributed by atoms with Gasteiger partial charge in [-0.05, 0) is 22.4 Å². The fourth-order valence-corrected chi connectivity index (χ4v) is 1.18. The highest BCUT2D eigenvalue weighted by atomic mass is 35.5. The Hall–Kier alpha value is -0.800. The number of benzene rings is 1. The maximum absolute atomic E-state index is 5.75. The third-order valence-electron chi connectivity index (χ3n) is 1.32. The Morgan fingerprint density at radius 2 is 1.45 bits per heavy atom. The van der Waals surface area contributed by atoms with Gasteiger partial charge in [-0.15, -0.1) is 0 Å². The van der Waals surface area contributed by atoms with E-state index in [9.17, 15) is 0 Å². The standard InChI is InChI=1S/C6H2Cl2N2O/c7-3-1-2-4(8)6-5(3)9-11-10-6/h1-2H. The van der Waals surface area contributed by atoms with Crippen LogP contribution < -0.4 is 0 Å². The maximum atomic E-state index is 5.75. The monoisotopic (exact) mass is 188 g/mol. The molecule has 0 saturated heterocycles. The first-order chi connectivity index (χ1) is 5.29. The second kappa shape index (κ2) is 2.36. The van der Waals surface area contributed by atoms with Crippen molar-refractivity contribution in [1.82, 2.24) is 10.3 Å². The second-order valence-electron chi connectivity index (χ2n) is 1.99. The Labute approximate surface area is 71.9 Å². The highest BCUT2D eigenvalue weighted by Crippen LogP contribution is 2.26. The van der Waals surface area contributed by atoms with Gasteiger partial charge >= 0.3 is 0 Å². The Bertz CT molecular complexity index is 362. The van der Waals surface area contributed by atoms with Crippen LogP contribution in [0.5, 0.6) is 0 Å². The number of hydrogen-bond donors (Lipinski definition) is 0. The third kappa shape index (κ3) is 0.968. The Kier molecular flexibility index (Phi) is 1.47. The van der Waals surface area contributed by atoms with Gasteiger partial charge in [-0.25, -0.2) is 4.63 Å². The van der Waals surface area contributed by atoms with Crippen molar-refractivity contribution in [3.8, 4) is 0 Å². The zero-order valence-corrected chi connectivity index (χ0v) is 6.73. The minimum absolute atomic E-state index is 0.491. The molecule has 0 aliphatic carbocycles. The topological polar surface area (TPSA) is 38.9 Å². The third-order valence-corrected chi connectivity index (χ3v) is 1.93. The molecule has 0 N–H and O–H groups in total. The van der Waals surface area contributed by atoms with Gasteiger partial charge < -0.3 is 0 Å². The summed E-state index contributed by atoms with van der Waals surface area (Å²) in [6, 6.07) is 3.30. The normalized spacial score (nSPS) is 10.7. The van der Waals surface area contributed by atoms with Gasteiger partial charge in [-0.2, -0.15) is 0 Å². The first-order valence-corrected chi connectivity index (χ1v) is 3.61. The van der Waals surface area contributed by atoms with Crippen LogP contribution in [0.15, 0.2) is 16.8 Å². The van der Waals surface area contributed by atoms with Crippen molar-refractivity contribution < 1.29 is 4.63 Å². The average Bonchev–Trinajstić information content (AvgIpc) is 2.45. The smallest absolute Gasteiger partial charge is 0.155 e. The summed E-state index contributed by atoms with van der Waals surface area (Å²) < 4.78 is 4.46. The minimum atomic E-state index is 0.491. The highest BCUT2D eigenvalue weighted by Gasteiger charge is 2.07. The molecule has 0 aliphatic rings. The van der Waals surface area contributed by atoms with Gasteiger partial charge in [0.15, 0.2) is 11.0 Å². The van der Waals surface area contributed by atoms with Gasteiger partial charge in [0.25, 0.3) is 0 Å². The van der Waals surface area contributed by atoms with E-state index in [0.717, 1.165) is 0 Å².